The lowest BCUT2D eigenvalue weighted by atomic mass is 10.1. The molecule has 1 unspecified atom stereocenters. The van der Waals surface area contributed by atoms with Gasteiger partial charge in [0.1, 0.15) is 0 Å². The second kappa shape index (κ2) is 5.30. The molecule has 84 valence electrons. The van der Waals surface area contributed by atoms with Crippen molar-refractivity contribution in [2.45, 2.75) is 25.9 Å². The standard InChI is InChI=1S/C11H17ClN2S/c1-2-9-7-13-5-6-14(9)8-10-3-4-11(12)15-10/h3-4,9,13H,2,5-8H2,1H3. The molecular weight excluding hydrogens is 228 g/mol. The molecule has 1 fully saturated rings. The van der Waals surface area contributed by atoms with Crippen molar-refractivity contribution < 1.29 is 0 Å². The van der Waals surface area contributed by atoms with E-state index in [0.717, 1.165) is 30.5 Å². The molecule has 2 rings (SSSR count). The summed E-state index contributed by atoms with van der Waals surface area (Å²) in [5.74, 6) is 0. The van der Waals surface area contributed by atoms with Gasteiger partial charge in [0.2, 0.25) is 0 Å². The molecule has 1 aliphatic rings. The molecule has 1 N–H and O–H groups in total. The highest BCUT2D eigenvalue weighted by atomic mass is 35.5. The Bertz CT molecular complexity index is 313. The van der Waals surface area contributed by atoms with E-state index < -0.39 is 0 Å². The zero-order chi connectivity index (χ0) is 10.7. The van der Waals surface area contributed by atoms with Gasteiger partial charge in [-0.2, -0.15) is 0 Å². The van der Waals surface area contributed by atoms with Crippen LogP contribution in [0, 0.1) is 0 Å². The van der Waals surface area contributed by atoms with Crippen LogP contribution >= 0.6 is 22.9 Å². The summed E-state index contributed by atoms with van der Waals surface area (Å²) >= 11 is 7.63. The Kier molecular flexibility index (Phi) is 4.03. The number of nitrogens with one attached hydrogen (secondary N) is 1. The van der Waals surface area contributed by atoms with Crippen molar-refractivity contribution in [3.63, 3.8) is 0 Å². The molecule has 4 heteroatoms. The predicted octanol–water partition coefficient (Wildman–Crippen LogP) is 2.59. The van der Waals surface area contributed by atoms with Crippen molar-refractivity contribution >= 4 is 22.9 Å². The van der Waals surface area contributed by atoms with Gasteiger partial charge in [-0.3, -0.25) is 4.90 Å². The van der Waals surface area contributed by atoms with E-state index in [0.29, 0.717) is 6.04 Å². The molecule has 1 atom stereocenters. The Morgan fingerprint density at radius 3 is 3.13 bits per heavy atom. The molecule has 0 bridgehead atoms. The maximum absolute atomic E-state index is 5.94. The number of rotatable bonds is 3. The Morgan fingerprint density at radius 2 is 2.47 bits per heavy atom. The normalized spacial score (nSPS) is 23.2. The molecule has 1 aromatic rings. The molecule has 1 aliphatic heterocycles. The highest BCUT2D eigenvalue weighted by Crippen LogP contribution is 2.23. The monoisotopic (exact) mass is 244 g/mol. The molecule has 0 spiro atoms. The number of thiophene rings is 1. The van der Waals surface area contributed by atoms with Gasteiger partial charge in [0.15, 0.2) is 0 Å². The van der Waals surface area contributed by atoms with Crippen LogP contribution in [0.2, 0.25) is 4.34 Å². The van der Waals surface area contributed by atoms with Crippen molar-refractivity contribution in [1.29, 1.82) is 0 Å². The van der Waals surface area contributed by atoms with E-state index in [-0.39, 0.29) is 0 Å². The van der Waals surface area contributed by atoms with Crippen LogP contribution < -0.4 is 5.32 Å². The van der Waals surface area contributed by atoms with Crippen molar-refractivity contribution in [3.8, 4) is 0 Å². The van der Waals surface area contributed by atoms with Crippen molar-refractivity contribution in [3.05, 3.63) is 21.3 Å². The van der Waals surface area contributed by atoms with Gasteiger partial charge in [-0.05, 0) is 18.6 Å². The van der Waals surface area contributed by atoms with E-state index in [4.69, 9.17) is 11.6 Å². The molecule has 0 aromatic carbocycles. The summed E-state index contributed by atoms with van der Waals surface area (Å²) in [6, 6.07) is 4.81. The number of nitrogens with zero attached hydrogens (tertiary/aromatic N) is 1. The summed E-state index contributed by atoms with van der Waals surface area (Å²) in [6.07, 6.45) is 1.21. The highest BCUT2D eigenvalue weighted by molar-refractivity contribution is 7.16. The molecule has 0 saturated carbocycles. The molecule has 15 heavy (non-hydrogen) atoms. The van der Waals surface area contributed by atoms with Crippen LogP contribution in [0.3, 0.4) is 0 Å². The summed E-state index contributed by atoms with van der Waals surface area (Å²) in [5.41, 5.74) is 0. The summed E-state index contributed by atoms with van der Waals surface area (Å²) < 4.78 is 0.896. The van der Waals surface area contributed by atoms with Crippen molar-refractivity contribution in [1.82, 2.24) is 10.2 Å². The third-order valence-corrected chi connectivity index (χ3v) is 4.15. The zero-order valence-corrected chi connectivity index (χ0v) is 10.6. The average Bonchev–Trinajstić information content (AvgIpc) is 2.65. The Balaban J connectivity index is 1.97. The quantitative estimate of drug-likeness (QED) is 0.879. The molecule has 1 aromatic heterocycles. The second-order valence-corrected chi connectivity index (χ2v) is 5.74. The molecule has 0 radical (unpaired) electrons. The first-order chi connectivity index (χ1) is 7.29. The lowest BCUT2D eigenvalue weighted by molar-refractivity contribution is 0.150. The first-order valence-corrected chi connectivity index (χ1v) is 6.68. The fourth-order valence-electron chi connectivity index (χ4n) is 2.05. The number of hydrogen-bond donors (Lipinski definition) is 1. The fourth-order valence-corrected chi connectivity index (χ4v) is 3.16. The first-order valence-electron chi connectivity index (χ1n) is 5.48. The molecule has 2 nitrogen and oxygen atoms in total. The Labute approximate surface area is 100 Å². The SMILES string of the molecule is CCC1CNCCN1Cc1ccc(Cl)s1. The summed E-state index contributed by atoms with van der Waals surface area (Å²) in [4.78, 5) is 3.93. The number of halogens is 1. The van der Waals surface area contributed by atoms with Crippen LogP contribution in [0.15, 0.2) is 12.1 Å². The van der Waals surface area contributed by atoms with Gasteiger partial charge >= 0.3 is 0 Å². The first kappa shape index (κ1) is 11.4. The Hall–Kier alpha value is -0.0900. The molecular formula is C11H17ClN2S. The summed E-state index contributed by atoms with van der Waals surface area (Å²) in [6.45, 7) is 6.68. The van der Waals surface area contributed by atoms with Gasteiger partial charge in [0, 0.05) is 37.1 Å². The summed E-state index contributed by atoms with van der Waals surface area (Å²) in [5, 5.41) is 3.44. The van der Waals surface area contributed by atoms with E-state index in [9.17, 15) is 0 Å². The average molecular weight is 245 g/mol. The lowest BCUT2D eigenvalue weighted by Gasteiger charge is -2.35. The maximum Gasteiger partial charge on any atom is 0.0931 e. The molecule has 1 saturated heterocycles. The van der Waals surface area contributed by atoms with Crippen LogP contribution in [0.25, 0.3) is 0 Å². The Morgan fingerprint density at radius 1 is 1.60 bits per heavy atom. The zero-order valence-electron chi connectivity index (χ0n) is 9.00. The third-order valence-electron chi connectivity index (χ3n) is 2.93. The molecule has 0 aliphatic carbocycles. The van der Waals surface area contributed by atoms with Gasteiger partial charge in [-0.1, -0.05) is 18.5 Å². The van der Waals surface area contributed by atoms with E-state index in [1.165, 1.54) is 11.3 Å². The topological polar surface area (TPSA) is 15.3 Å². The number of piperazine rings is 1. The van der Waals surface area contributed by atoms with Gasteiger partial charge in [0.05, 0.1) is 4.34 Å². The minimum Gasteiger partial charge on any atom is -0.314 e. The third kappa shape index (κ3) is 2.94. The van der Waals surface area contributed by atoms with Gasteiger partial charge in [-0.25, -0.2) is 0 Å². The molecule has 0 amide bonds. The fraction of sp³-hybridized carbons (Fsp3) is 0.636. The van der Waals surface area contributed by atoms with Crippen LogP contribution in [0.5, 0.6) is 0 Å². The summed E-state index contributed by atoms with van der Waals surface area (Å²) in [7, 11) is 0. The van der Waals surface area contributed by atoms with Crippen LogP contribution in [0.1, 0.15) is 18.2 Å². The van der Waals surface area contributed by atoms with E-state index in [1.807, 2.05) is 6.07 Å². The predicted molar refractivity (Wildman–Crippen MR) is 66.7 cm³/mol. The van der Waals surface area contributed by atoms with Gasteiger partial charge in [-0.15, -0.1) is 11.3 Å². The van der Waals surface area contributed by atoms with Crippen molar-refractivity contribution in [2.24, 2.45) is 0 Å². The highest BCUT2D eigenvalue weighted by Gasteiger charge is 2.20. The van der Waals surface area contributed by atoms with Gasteiger partial charge in [0.25, 0.3) is 0 Å². The largest absolute Gasteiger partial charge is 0.314 e. The number of hydrogen-bond acceptors (Lipinski definition) is 3. The second-order valence-electron chi connectivity index (χ2n) is 3.94. The van der Waals surface area contributed by atoms with Gasteiger partial charge < -0.3 is 5.32 Å². The minimum atomic E-state index is 0.680. The lowest BCUT2D eigenvalue weighted by Crippen LogP contribution is -2.50. The maximum atomic E-state index is 5.94. The van der Waals surface area contributed by atoms with E-state index in [1.54, 1.807) is 11.3 Å². The van der Waals surface area contributed by atoms with Crippen molar-refractivity contribution in [2.75, 3.05) is 19.6 Å². The molecule has 2 heterocycles. The van der Waals surface area contributed by atoms with Crippen LogP contribution in [0.4, 0.5) is 0 Å². The smallest absolute Gasteiger partial charge is 0.0931 e. The minimum absolute atomic E-state index is 0.680. The van der Waals surface area contributed by atoms with Crippen LogP contribution in [-0.2, 0) is 6.54 Å². The van der Waals surface area contributed by atoms with E-state index >= 15 is 0 Å². The van der Waals surface area contributed by atoms with Crippen LogP contribution in [-0.4, -0.2) is 30.6 Å². The van der Waals surface area contributed by atoms with E-state index in [2.05, 4.69) is 23.2 Å².